The normalized spacial score (nSPS) is 21.2. The third-order valence-electron chi connectivity index (χ3n) is 3.98. The van der Waals surface area contributed by atoms with Gasteiger partial charge in [-0.15, -0.1) is 0 Å². The highest BCUT2D eigenvalue weighted by atomic mass is 79.9. The van der Waals surface area contributed by atoms with Crippen molar-refractivity contribution in [3.63, 3.8) is 0 Å². The molecule has 0 aliphatic carbocycles. The molecule has 4 nitrogen and oxygen atoms in total. The summed E-state index contributed by atoms with van der Waals surface area (Å²) in [6, 6.07) is 5.93. The summed E-state index contributed by atoms with van der Waals surface area (Å²) in [6.45, 7) is 8.15. The Labute approximate surface area is 121 Å². The maximum atomic E-state index is 6.03. The molecule has 0 unspecified atom stereocenters. The minimum absolute atomic E-state index is 0.354. The van der Waals surface area contributed by atoms with Gasteiger partial charge < -0.3 is 9.31 Å². The van der Waals surface area contributed by atoms with Crippen LogP contribution >= 0.6 is 15.9 Å². The molecule has 3 rings (SSSR count). The smallest absolute Gasteiger partial charge is 0.398 e. The standard InChI is InChI=1S/C13H16BBrN2O2/c1-12(2)13(3,4)19-14(18-12)11-10(15)9-7-5-6-8-17(9)16-11/h5-8H,1-4H3. The molecule has 0 bridgehead atoms. The summed E-state index contributed by atoms with van der Waals surface area (Å²) < 4.78 is 14.8. The van der Waals surface area contributed by atoms with E-state index < -0.39 is 7.12 Å². The van der Waals surface area contributed by atoms with E-state index >= 15 is 0 Å². The first kappa shape index (κ1) is 13.2. The maximum absolute atomic E-state index is 6.03. The van der Waals surface area contributed by atoms with E-state index in [9.17, 15) is 0 Å². The van der Waals surface area contributed by atoms with E-state index in [0.717, 1.165) is 15.6 Å². The minimum Gasteiger partial charge on any atom is -0.398 e. The lowest BCUT2D eigenvalue weighted by atomic mass is 9.85. The number of rotatable bonds is 1. The summed E-state index contributed by atoms with van der Waals surface area (Å²) in [7, 11) is -0.445. The third-order valence-corrected chi connectivity index (χ3v) is 4.79. The van der Waals surface area contributed by atoms with Crippen LogP contribution in [0, 0.1) is 0 Å². The second-order valence-electron chi connectivity index (χ2n) is 5.82. The zero-order valence-electron chi connectivity index (χ0n) is 11.5. The summed E-state index contributed by atoms with van der Waals surface area (Å²) in [6.07, 6.45) is 1.91. The molecule has 1 fully saturated rings. The molecular formula is C13H16BBrN2O2. The Balaban J connectivity index is 2.05. The fraction of sp³-hybridized carbons (Fsp3) is 0.462. The van der Waals surface area contributed by atoms with Crippen molar-refractivity contribution in [2.24, 2.45) is 0 Å². The molecule has 100 valence electrons. The van der Waals surface area contributed by atoms with Crippen molar-refractivity contribution in [2.45, 2.75) is 38.9 Å². The average molecular weight is 323 g/mol. The molecule has 0 amide bonds. The molecule has 0 spiro atoms. The van der Waals surface area contributed by atoms with E-state index in [-0.39, 0.29) is 11.2 Å². The van der Waals surface area contributed by atoms with Gasteiger partial charge in [0.15, 0.2) is 0 Å². The van der Waals surface area contributed by atoms with Crippen LogP contribution in [0.1, 0.15) is 27.7 Å². The number of halogens is 1. The highest BCUT2D eigenvalue weighted by molar-refractivity contribution is 9.10. The first-order valence-corrected chi connectivity index (χ1v) is 7.09. The SMILES string of the molecule is CC1(C)OB(c2nn3ccccc3c2Br)OC1(C)C. The fourth-order valence-electron chi connectivity index (χ4n) is 2.09. The molecule has 0 saturated carbocycles. The lowest BCUT2D eigenvalue weighted by molar-refractivity contribution is 0.00578. The molecule has 0 radical (unpaired) electrons. The van der Waals surface area contributed by atoms with Gasteiger partial charge in [0, 0.05) is 6.20 Å². The number of pyridine rings is 1. The molecule has 2 aromatic heterocycles. The van der Waals surface area contributed by atoms with Crippen LogP contribution in [-0.4, -0.2) is 27.9 Å². The first-order chi connectivity index (χ1) is 8.82. The molecule has 1 saturated heterocycles. The van der Waals surface area contributed by atoms with Crippen LogP contribution in [0.5, 0.6) is 0 Å². The Morgan fingerprint density at radius 1 is 1.16 bits per heavy atom. The molecule has 19 heavy (non-hydrogen) atoms. The van der Waals surface area contributed by atoms with Gasteiger partial charge >= 0.3 is 7.12 Å². The second kappa shape index (κ2) is 4.07. The second-order valence-corrected chi connectivity index (χ2v) is 6.61. The van der Waals surface area contributed by atoms with Crippen LogP contribution in [0.4, 0.5) is 0 Å². The van der Waals surface area contributed by atoms with Crippen LogP contribution in [0.2, 0.25) is 0 Å². The summed E-state index contributed by atoms with van der Waals surface area (Å²) in [5.74, 6) is 0. The number of nitrogens with zero attached hydrogens (tertiary/aromatic N) is 2. The van der Waals surface area contributed by atoms with Crippen LogP contribution in [-0.2, 0) is 9.31 Å². The number of fused-ring (bicyclic) bond motifs is 1. The predicted molar refractivity (Wildman–Crippen MR) is 78.6 cm³/mol. The van der Waals surface area contributed by atoms with Crippen molar-refractivity contribution in [2.75, 3.05) is 0 Å². The molecular weight excluding hydrogens is 307 g/mol. The Hall–Kier alpha value is -0.845. The molecule has 2 aromatic rings. The zero-order chi connectivity index (χ0) is 13.8. The van der Waals surface area contributed by atoms with E-state index in [1.807, 2.05) is 56.6 Å². The van der Waals surface area contributed by atoms with Gasteiger partial charge in [0.1, 0.15) is 5.59 Å². The summed E-state index contributed by atoms with van der Waals surface area (Å²) >= 11 is 3.59. The van der Waals surface area contributed by atoms with Crippen molar-refractivity contribution < 1.29 is 9.31 Å². The summed E-state index contributed by atoms with van der Waals surface area (Å²) in [5, 5.41) is 4.55. The largest absolute Gasteiger partial charge is 0.517 e. The highest BCUT2D eigenvalue weighted by Gasteiger charge is 2.53. The first-order valence-electron chi connectivity index (χ1n) is 6.30. The number of aromatic nitrogens is 2. The lowest BCUT2D eigenvalue weighted by Gasteiger charge is -2.32. The van der Waals surface area contributed by atoms with Gasteiger partial charge in [0.05, 0.1) is 21.2 Å². The van der Waals surface area contributed by atoms with Crippen molar-refractivity contribution >= 4 is 34.2 Å². The maximum Gasteiger partial charge on any atom is 0.517 e. The number of hydrogen-bond acceptors (Lipinski definition) is 3. The van der Waals surface area contributed by atoms with Crippen LogP contribution in [0.3, 0.4) is 0 Å². The molecule has 6 heteroatoms. The molecule has 3 heterocycles. The van der Waals surface area contributed by atoms with Crippen LogP contribution < -0.4 is 5.59 Å². The zero-order valence-corrected chi connectivity index (χ0v) is 13.1. The van der Waals surface area contributed by atoms with Crippen molar-refractivity contribution in [3.8, 4) is 0 Å². The van der Waals surface area contributed by atoms with Gasteiger partial charge in [-0.25, -0.2) is 4.52 Å². The summed E-state index contributed by atoms with van der Waals surface area (Å²) in [4.78, 5) is 0. The van der Waals surface area contributed by atoms with E-state index in [2.05, 4.69) is 21.0 Å². The molecule has 1 aliphatic heterocycles. The molecule has 0 N–H and O–H groups in total. The monoisotopic (exact) mass is 322 g/mol. The van der Waals surface area contributed by atoms with E-state index in [0.29, 0.717) is 0 Å². The van der Waals surface area contributed by atoms with Gasteiger partial charge in [-0.05, 0) is 55.8 Å². The third kappa shape index (κ3) is 1.93. The van der Waals surface area contributed by atoms with Gasteiger partial charge in [-0.2, -0.15) is 5.10 Å². The lowest BCUT2D eigenvalue weighted by Crippen LogP contribution is -2.41. The quantitative estimate of drug-likeness (QED) is 0.756. The van der Waals surface area contributed by atoms with E-state index in [1.54, 1.807) is 0 Å². The molecule has 0 atom stereocenters. The van der Waals surface area contributed by atoms with Gasteiger partial charge in [0.25, 0.3) is 0 Å². The number of hydrogen-bond donors (Lipinski definition) is 0. The van der Waals surface area contributed by atoms with E-state index in [4.69, 9.17) is 9.31 Å². The Morgan fingerprint density at radius 3 is 2.37 bits per heavy atom. The Bertz CT molecular complexity index is 623. The van der Waals surface area contributed by atoms with Crippen molar-refractivity contribution in [3.05, 3.63) is 28.9 Å². The average Bonchev–Trinajstić information content (AvgIpc) is 2.76. The van der Waals surface area contributed by atoms with Crippen molar-refractivity contribution in [1.29, 1.82) is 0 Å². The van der Waals surface area contributed by atoms with Crippen LogP contribution in [0.25, 0.3) is 5.52 Å². The Morgan fingerprint density at radius 2 is 1.79 bits per heavy atom. The van der Waals surface area contributed by atoms with Gasteiger partial charge in [0.2, 0.25) is 0 Å². The predicted octanol–water partition coefficient (Wildman–Crippen LogP) is 2.40. The van der Waals surface area contributed by atoms with Gasteiger partial charge in [-0.3, -0.25) is 0 Å². The highest BCUT2D eigenvalue weighted by Crippen LogP contribution is 2.37. The minimum atomic E-state index is -0.445. The van der Waals surface area contributed by atoms with Crippen molar-refractivity contribution in [1.82, 2.24) is 9.61 Å². The fourth-order valence-corrected chi connectivity index (χ4v) is 2.67. The van der Waals surface area contributed by atoms with E-state index in [1.165, 1.54) is 0 Å². The molecule has 1 aliphatic rings. The Kier molecular flexibility index (Phi) is 2.82. The molecule has 0 aromatic carbocycles. The van der Waals surface area contributed by atoms with Crippen LogP contribution in [0.15, 0.2) is 28.9 Å². The summed E-state index contributed by atoms with van der Waals surface area (Å²) in [5.41, 5.74) is 1.08. The van der Waals surface area contributed by atoms with Gasteiger partial charge in [-0.1, -0.05) is 6.07 Å². The topological polar surface area (TPSA) is 35.8 Å².